The van der Waals surface area contributed by atoms with Gasteiger partial charge >= 0.3 is 0 Å². The monoisotopic (exact) mass is 394 g/mol. The highest BCUT2D eigenvalue weighted by atomic mass is 35.5. The highest BCUT2D eigenvalue weighted by Gasteiger charge is 2.14. The molecule has 0 radical (unpaired) electrons. The van der Waals surface area contributed by atoms with E-state index in [9.17, 15) is 4.79 Å². The Morgan fingerprint density at radius 2 is 2.11 bits per heavy atom. The highest BCUT2D eigenvalue weighted by molar-refractivity contribution is 8.00. The summed E-state index contributed by atoms with van der Waals surface area (Å²) in [6, 6.07) is 14.3. The van der Waals surface area contributed by atoms with Crippen LogP contribution in [-0.2, 0) is 4.79 Å². The van der Waals surface area contributed by atoms with Crippen LogP contribution in [0.25, 0.3) is 22.1 Å². The summed E-state index contributed by atoms with van der Waals surface area (Å²) in [5, 5.41) is 13.5. The van der Waals surface area contributed by atoms with E-state index in [1.54, 1.807) is 18.2 Å². The van der Waals surface area contributed by atoms with Gasteiger partial charge in [0, 0.05) is 11.1 Å². The van der Waals surface area contributed by atoms with E-state index < -0.39 is 0 Å². The predicted molar refractivity (Wildman–Crippen MR) is 105 cm³/mol. The Morgan fingerprint density at radius 1 is 1.26 bits per heavy atom. The highest BCUT2D eigenvalue weighted by Crippen LogP contribution is 2.32. The van der Waals surface area contributed by atoms with Crippen LogP contribution < -0.4 is 5.32 Å². The smallest absolute Gasteiger partial charge is 0.234 e. The second-order valence-electron chi connectivity index (χ2n) is 5.60. The molecule has 2 aromatic heterocycles. The lowest BCUT2D eigenvalue weighted by Crippen LogP contribution is -2.14. The molecule has 0 bridgehead atoms. The Balaban J connectivity index is 1.51. The van der Waals surface area contributed by atoms with Gasteiger partial charge in [-0.1, -0.05) is 35.5 Å². The molecule has 0 aliphatic carbocycles. The van der Waals surface area contributed by atoms with Crippen molar-refractivity contribution in [3.05, 3.63) is 59.4 Å². The fourth-order valence-electron chi connectivity index (χ4n) is 2.62. The van der Waals surface area contributed by atoms with Gasteiger partial charge in [-0.3, -0.25) is 4.79 Å². The standard InChI is InChI=1S/C19H11ClN4O2S/c20-14-7-12(6-5-11(14)8-21)24-16(25)9-27-19-18-17(22-10-23-19)13-3-1-2-4-15(13)26-18/h1-7,10H,9H2,(H,24,25). The number of carbonyl (C=O) groups excluding carboxylic acids is 1. The van der Waals surface area contributed by atoms with Crippen LogP contribution in [-0.4, -0.2) is 21.6 Å². The van der Waals surface area contributed by atoms with Gasteiger partial charge in [-0.25, -0.2) is 9.97 Å². The normalized spacial score (nSPS) is 10.8. The number of thioether (sulfide) groups is 1. The van der Waals surface area contributed by atoms with Gasteiger partial charge in [0.2, 0.25) is 5.91 Å². The largest absolute Gasteiger partial charge is 0.451 e. The zero-order chi connectivity index (χ0) is 18.8. The first-order chi connectivity index (χ1) is 13.2. The van der Waals surface area contributed by atoms with E-state index in [2.05, 4.69) is 15.3 Å². The van der Waals surface area contributed by atoms with Crippen LogP contribution in [0.2, 0.25) is 5.02 Å². The summed E-state index contributed by atoms with van der Waals surface area (Å²) in [7, 11) is 0. The van der Waals surface area contributed by atoms with Crippen LogP contribution in [0.4, 0.5) is 5.69 Å². The van der Waals surface area contributed by atoms with Crippen LogP contribution in [0.3, 0.4) is 0 Å². The molecule has 0 atom stereocenters. The van der Waals surface area contributed by atoms with Crippen molar-refractivity contribution in [3.8, 4) is 6.07 Å². The SMILES string of the molecule is N#Cc1ccc(NC(=O)CSc2ncnc3c2oc2ccccc23)cc1Cl. The van der Waals surface area contributed by atoms with Gasteiger partial charge in [0.1, 0.15) is 28.5 Å². The average molecular weight is 395 g/mol. The Hall–Kier alpha value is -3.08. The summed E-state index contributed by atoms with van der Waals surface area (Å²) in [5.74, 6) is -0.0792. The molecule has 0 aliphatic rings. The summed E-state index contributed by atoms with van der Waals surface area (Å²) >= 11 is 7.24. The number of aromatic nitrogens is 2. The summed E-state index contributed by atoms with van der Waals surface area (Å²) in [5.41, 5.74) is 2.91. The second-order valence-corrected chi connectivity index (χ2v) is 6.97. The Morgan fingerprint density at radius 3 is 2.93 bits per heavy atom. The summed E-state index contributed by atoms with van der Waals surface area (Å²) < 4.78 is 5.85. The molecule has 0 unspecified atom stereocenters. The van der Waals surface area contributed by atoms with Crippen molar-refractivity contribution >= 4 is 57.0 Å². The number of carbonyl (C=O) groups is 1. The molecular weight excluding hydrogens is 384 g/mol. The molecule has 1 N–H and O–H groups in total. The summed E-state index contributed by atoms with van der Waals surface area (Å²) in [6.45, 7) is 0. The number of para-hydroxylation sites is 1. The van der Waals surface area contributed by atoms with E-state index in [4.69, 9.17) is 21.3 Å². The van der Waals surface area contributed by atoms with Crippen LogP contribution in [0.1, 0.15) is 5.56 Å². The molecule has 4 rings (SSSR count). The fraction of sp³-hybridized carbons (Fsp3) is 0.0526. The molecule has 8 heteroatoms. The van der Waals surface area contributed by atoms with Gasteiger partial charge in [0.25, 0.3) is 0 Å². The van der Waals surface area contributed by atoms with E-state index in [-0.39, 0.29) is 11.7 Å². The first kappa shape index (κ1) is 17.3. The van der Waals surface area contributed by atoms with Gasteiger partial charge < -0.3 is 9.73 Å². The number of nitrogens with one attached hydrogen (secondary N) is 1. The minimum absolute atomic E-state index is 0.140. The number of furan rings is 1. The maximum Gasteiger partial charge on any atom is 0.234 e. The van der Waals surface area contributed by atoms with E-state index in [1.165, 1.54) is 18.1 Å². The lowest BCUT2D eigenvalue weighted by molar-refractivity contribution is -0.113. The van der Waals surface area contributed by atoms with Crippen molar-refractivity contribution in [1.82, 2.24) is 9.97 Å². The number of anilines is 1. The number of benzene rings is 2. The topological polar surface area (TPSA) is 91.8 Å². The van der Waals surface area contributed by atoms with Gasteiger partial charge in [-0.05, 0) is 30.3 Å². The maximum absolute atomic E-state index is 12.2. The zero-order valence-electron chi connectivity index (χ0n) is 13.8. The number of halogens is 1. The van der Waals surface area contributed by atoms with E-state index in [0.29, 0.717) is 26.9 Å². The quantitative estimate of drug-likeness (QED) is 0.400. The average Bonchev–Trinajstić information content (AvgIpc) is 3.06. The molecule has 0 fully saturated rings. The molecule has 0 saturated carbocycles. The first-order valence-electron chi connectivity index (χ1n) is 7.90. The second kappa shape index (κ2) is 7.27. The molecule has 0 saturated heterocycles. The molecule has 0 aliphatic heterocycles. The Labute approximate surface area is 163 Å². The van der Waals surface area contributed by atoms with Crippen molar-refractivity contribution in [3.63, 3.8) is 0 Å². The van der Waals surface area contributed by atoms with Crippen LogP contribution in [0.5, 0.6) is 0 Å². The van der Waals surface area contributed by atoms with Crippen molar-refractivity contribution < 1.29 is 9.21 Å². The lowest BCUT2D eigenvalue weighted by atomic mass is 10.2. The van der Waals surface area contributed by atoms with Crippen molar-refractivity contribution in [2.45, 2.75) is 5.03 Å². The van der Waals surface area contributed by atoms with E-state index >= 15 is 0 Å². The molecule has 27 heavy (non-hydrogen) atoms. The minimum atomic E-state index is -0.219. The third kappa shape index (κ3) is 3.45. The first-order valence-corrected chi connectivity index (χ1v) is 9.26. The van der Waals surface area contributed by atoms with Crippen LogP contribution in [0.15, 0.2) is 58.2 Å². The fourth-order valence-corrected chi connectivity index (χ4v) is 3.57. The number of rotatable bonds is 4. The Kier molecular flexibility index (Phi) is 4.67. The number of nitriles is 1. The van der Waals surface area contributed by atoms with Gasteiger partial charge in [0.15, 0.2) is 5.58 Å². The predicted octanol–water partition coefficient (Wildman–Crippen LogP) is 4.63. The maximum atomic E-state index is 12.2. The number of nitrogens with zero attached hydrogens (tertiary/aromatic N) is 3. The third-order valence-corrected chi connectivity index (χ3v) is 5.12. The number of hydrogen-bond acceptors (Lipinski definition) is 6. The van der Waals surface area contributed by atoms with Crippen molar-refractivity contribution in [2.75, 3.05) is 11.1 Å². The molecule has 2 heterocycles. The molecular formula is C19H11ClN4O2S. The molecule has 2 aromatic carbocycles. The molecule has 132 valence electrons. The number of amides is 1. The Bertz CT molecular complexity index is 1220. The number of hydrogen-bond donors (Lipinski definition) is 1. The van der Waals surface area contributed by atoms with Crippen molar-refractivity contribution in [2.24, 2.45) is 0 Å². The lowest BCUT2D eigenvalue weighted by Gasteiger charge is -2.06. The van der Waals surface area contributed by atoms with Gasteiger partial charge in [-0.2, -0.15) is 5.26 Å². The van der Waals surface area contributed by atoms with E-state index in [1.807, 2.05) is 30.3 Å². The van der Waals surface area contributed by atoms with Crippen LogP contribution >= 0.6 is 23.4 Å². The van der Waals surface area contributed by atoms with Crippen LogP contribution in [0, 0.1) is 11.3 Å². The minimum Gasteiger partial charge on any atom is -0.451 e. The van der Waals surface area contributed by atoms with Gasteiger partial charge in [-0.15, -0.1) is 0 Å². The van der Waals surface area contributed by atoms with Crippen molar-refractivity contribution in [1.29, 1.82) is 5.26 Å². The summed E-state index contributed by atoms with van der Waals surface area (Å²) in [6.07, 6.45) is 1.46. The molecule has 4 aromatic rings. The molecule has 6 nitrogen and oxygen atoms in total. The molecule has 1 amide bonds. The zero-order valence-corrected chi connectivity index (χ0v) is 15.3. The third-order valence-electron chi connectivity index (χ3n) is 3.84. The van der Waals surface area contributed by atoms with Gasteiger partial charge in [0.05, 0.1) is 16.3 Å². The van der Waals surface area contributed by atoms with E-state index in [0.717, 1.165) is 16.5 Å². The summed E-state index contributed by atoms with van der Waals surface area (Å²) in [4.78, 5) is 20.8. The number of fused-ring (bicyclic) bond motifs is 3. The molecule has 0 spiro atoms.